The number of anilines is 1. The third kappa shape index (κ3) is 4.84. The van der Waals surface area contributed by atoms with Gasteiger partial charge in [-0.15, -0.1) is 0 Å². The normalized spacial score (nSPS) is 10.1. The number of hydrogen-bond donors (Lipinski definition) is 0. The van der Waals surface area contributed by atoms with E-state index in [1.165, 1.54) is 4.90 Å². The van der Waals surface area contributed by atoms with Crippen LogP contribution in [0.1, 0.15) is 27.9 Å². The summed E-state index contributed by atoms with van der Waals surface area (Å²) in [6, 6.07) is 14.2. The van der Waals surface area contributed by atoms with Gasteiger partial charge in [0, 0.05) is 17.3 Å². The molecule has 0 aliphatic carbocycles. The molecule has 1 amide bonds. The smallest absolute Gasteiger partial charge is 0.338 e. The van der Waals surface area contributed by atoms with E-state index in [9.17, 15) is 9.59 Å². The van der Waals surface area contributed by atoms with Gasteiger partial charge in [-0.25, -0.2) is 4.79 Å². The number of carbonyl (C=O) groups excluding carboxylic acids is 2. The summed E-state index contributed by atoms with van der Waals surface area (Å²) >= 11 is 6.03. The van der Waals surface area contributed by atoms with Gasteiger partial charge in [-0.1, -0.05) is 29.8 Å². The van der Waals surface area contributed by atoms with E-state index in [4.69, 9.17) is 21.6 Å². The molecule has 0 aliphatic rings. The first-order valence-corrected chi connectivity index (χ1v) is 8.48. The first kappa shape index (κ1) is 19.5. The van der Waals surface area contributed by atoms with Crippen molar-refractivity contribution in [3.8, 4) is 6.07 Å². The summed E-state index contributed by atoms with van der Waals surface area (Å²) in [6.07, 6.45) is 0.166. The molecular weight excluding hydrogens is 352 g/mol. The zero-order valence-electron chi connectivity index (χ0n) is 14.7. The van der Waals surface area contributed by atoms with E-state index in [-0.39, 0.29) is 13.0 Å². The fraction of sp³-hybridized carbons (Fsp3) is 0.250. The largest absolute Gasteiger partial charge is 0.452 e. The summed E-state index contributed by atoms with van der Waals surface area (Å²) in [5, 5.41) is 9.44. The highest BCUT2D eigenvalue weighted by Gasteiger charge is 2.19. The van der Waals surface area contributed by atoms with Crippen LogP contribution in [0.4, 0.5) is 5.69 Å². The van der Waals surface area contributed by atoms with Crippen molar-refractivity contribution in [2.45, 2.75) is 20.3 Å². The molecule has 0 fully saturated rings. The van der Waals surface area contributed by atoms with Gasteiger partial charge in [-0.2, -0.15) is 5.26 Å². The van der Waals surface area contributed by atoms with Gasteiger partial charge in [0.05, 0.1) is 18.1 Å². The molecular formula is C20H19ClN2O3. The van der Waals surface area contributed by atoms with Crippen molar-refractivity contribution in [1.82, 2.24) is 0 Å². The lowest BCUT2D eigenvalue weighted by molar-refractivity contribution is -0.121. The molecule has 2 aromatic rings. The van der Waals surface area contributed by atoms with Crippen LogP contribution in [0.25, 0.3) is 0 Å². The fourth-order valence-electron chi connectivity index (χ4n) is 2.44. The van der Waals surface area contributed by atoms with Crippen molar-refractivity contribution < 1.29 is 14.3 Å². The van der Waals surface area contributed by atoms with Crippen molar-refractivity contribution in [2.24, 2.45) is 0 Å². The van der Waals surface area contributed by atoms with Crippen molar-refractivity contribution >= 4 is 29.2 Å². The molecule has 0 heterocycles. The minimum absolute atomic E-state index is 0.166. The molecule has 0 saturated carbocycles. The van der Waals surface area contributed by atoms with E-state index < -0.39 is 18.5 Å². The number of carbonyl (C=O) groups is 2. The van der Waals surface area contributed by atoms with Crippen molar-refractivity contribution in [3.63, 3.8) is 0 Å². The number of halogens is 1. The monoisotopic (exact) mass is 370 g/mol. The van der Waals surface area contributed by atoms with Gasteiger partial charge >= 0.3 is 5.97 Å². The SMILES string of the molecule is Cc1cc(N(CCC#N)C(=O)COC(=O)c2ccccc2C)ccc1Cl. The van der Waals surface area contributed by atoms with Gasteiger partial charge in [-0.05, 0) is 49.2 Å². The van der Waals surface area contributed by atoms with E-state index in [0.29, 0.717) is 16.3 Å². The Bertz CT molecular complexity index is 858. The third-order valence-corrected chi connectivity index (χ3v) is 4.32. The van der Waals surface area contributed by atoms with E-state index in [0.717, 1.165) is 11.1 Å². The molecule has 0 aromatic heterocycles. The van der Waals surface area contributed by atoms with Crippen LogP contribution in [0.3, 0.4) is 0 Å². The first-order chi connectivity index (χ1) is 12.4. The minimum Gasteiger partial charge on any atom is -0.452 e. The molecule has 0 atom stereocenters. The molecule has 0 bridgehead atoms. The molecule has 2 rings (SSSR count). The predicted molar refractivity (Wildman–Crippen MR) is 100 cm³/mol. The Morgan fingerprint density at radius 3 is 2.54 bits per heavy atom. The highest BCUT2D eigenvalue weighted by atomic mass is 35.5. The molecule has 0 saturated heterocycles. The molecule has 2 aromatic carbocycles. The van der Waals surface area contributed by atoms with E-state index >= 15 is 0 Å². The van der Waals surface area contributed by atoms with Crippen LogP contribution < -0.4 is 4.90 Å². The lowest BCUT2D eigenvalue weighted by Gasteiger charge is -2.22. The van der Waals surface area contributed by atoms with E-state index in [1.54, 1.807) is 43.3 Å². The zero-order chi connectivity index (χ0) is 19.1. The van der Waals surface area contributed by atoms with Crippen LogP contribution in [0.15, 0.2) is 42.5 Å². The molecule has 0 radical (unpaired) electrons. The van der Waals surface area contributed by atoms with Gasteiger partial charge in [0.25, 0.3) is 5.91 Å². The summed E-state index contributed by atoms with van der Waals surface area (Å²) in [5.41, 5.74) is 2.63. The Labute approximate surface area is 157 Å². The van der Waals surface area contributed by atoms with Gasteiger partial charge in [0.2, 0.25) is 0 Å². The summed E-state index contributed by atoms with van der Waals surface area (Å²) < 4.78 is 5.17. The molecule has 0 spiro atoms. The zero-order valence-corrected chi connectivity index (χ0v) is 15.4. The Morgan fingerprint density at radius 2 is 1.88 bits per heavy atom. The lowest BCUT2D eigenvalue weighted by atomic mass is 10.1. The number of hydrogen-bond acceptors (Lipinski definition) is 4. The Morgan fingerprint density at radius 1 is 1.15 bits per heavy atom. The predicted octanol–water partition coefficient (Wildman–Crippen LogP) is 4.06. The Balaban J connectivity index is 2.11. The quantitative estimate of drug-likeness (QED) is 0.719. The Kier molecular flexibility index (Phi) is 6.76. The molecule has 6 heteroatoms. The van der Waals surface area contributed by atoms with E-state index in [1.807, 2.05) is 19.1 Å². The van der Waals surface area contributed by atoms with Crippen LogP contribution in [0.5, 0.6) is 0 Å². The maximum absolute atomic E-state index is 12.6. The van der Waals surface area contributed by atoms with Crippen molar-refractivity contribution in [3.05, 3.63) is 64.2 Å². The lowest BCUT2D eigenvalue weighted by Crippen LogP contribution is -2.35. The summed E-state index contributed by atoms with van der Waals surface area (Å²) in [4.78, 5) is 26.2. The number of aryl methyl sites for hydroxylation is 2. The first-order valence-electron chi connectivity index (χ1n) is 8.10. The summed E-state index contributed by atoms with van der Waals surface area (Å²) in [7, 11) is 0. The number of ether oxygens (including phenoxy) is 1. The molecule has 134 valence electrons. The number of nitriles is 1. The average molecular weight is 371 g/mol. The second-order valence-electron chi connectivity index (χ2n) is 5.78. The van der Waals surface area contributed by atoms with E-state index in [2.05, 4.69) is 0 Å². The van der Waals surface area contributed by atoms with Gasteiger partial charge in [0.1, 0.15) is 0 Å². The van der Waals surface area contributed by atoms with Crippen LogP contribution in [-0.2, 0) is 9.53 Å². The van der Waals surface area contributed by atoms with Gasteiger partial charge in [0.15, 0.2) is 6.61 Å². The standard InChI is InChI=1S/C20H19ClN2O3/c1-14-6-3-4-7-17(14)20(25)26-13-19(24)23(11-5-10-22)16-8-9-18(21)15(2)12-16/h3-4,6-9,12H,5,11,13H2,1-2H3. The van der Waals surface area contributed by atoms with Crippen molar-refractivity contribution in [1.29, 1.82) is 5.26 Å². The molecule has 0 aliphatic heterocycles. The van der Waals surface area contributed by atoms with Crippen molar-refractivity contribution in [2.75, 3.05) is 18.1 Å². The second-order valence-corrected chi connectivity index (χ2v) is 6.19. The number of benzene rings is 2. The highest BCUT2D eigenvalue weighted by molar-refractivity contribution is 6.31. The van der Waals surface area contributed by atoms with Crippen LogP contribution in [-0.4, -0.2) is 25.0 Å². The number of rotatable bonds is 6. The van der Waals surface area contributed by atoms with Gasteiger partial charge < -0.3 is 9.64 Å². The molecule has 0 N–H and O–H groups in total. The third-order valence-electron chi connectivity index (χ3n) is 3.89. The second kappa shape index (κ2) is 9.02. The molecule has 26 heavy (non-hydrogen) atoms. The average Bonchev–Trinajstić information content (AvgIpc) is 2.63. The highest BCUT2D eigenvalue weighted by Crippen LogP contribution is 2.23. The maximum atomic E-state index is 12.6. The number of esters is 1. The Hall–Kier alpha value is -2.84. The summed E-state index contributed by atoms with van der Waals surface area (Å²) in [6.45, 7) is 3.43. The molecule has 5 nitrogen and oxygen atoms in total. The maximum Gasteiger partial charge on any atom is 0.338 e. The molecule has 0 unspecified atom stereocenters. The number of nitrogens with zero attached hydrogens (tertiary/aromatic N) is 2. The van der Waals surface area contributed by atoms with Gasteiger partial charge in [-0.3, -0.25) is 4.79 Å². The topological polar surface area (TPSA) is 70.4 Å². The minimum atomic E-state index is -0.552. The van der Waals surface area contributed by atoms with Crippen LogP contribution in [0, 0.1) is 25.2 Å². The number of amides is 1. The fourth-order valence-corrected chi connectivity index (χ4v) is 2.56. The van der Waals surface area contributed by atoms with Crippen LogP contribution >= 0.6 is 11.6 Å². The van der Waals surface area contributed by atoms with Crippen LogP contribution in [0.2, 0.25) is 5.02 Å². The summed E-state index contributed by atoms with van der Waals surface area (Å²) in [5.74, 6) is -0.951.